The zero-order valence-corrected chi connectivity index (χ0v) is 9.18. The summed E-state index contributed by atoms with van der Waals surface area (Å²) in [6.07, 6.45) is 6.74. The lowest BCUT2D eigenvalue weighted by Gasteiger charge is -2.17. The standard InChI is InChI=1S/C11H20N2O/c1-3-13(4-2)11(14)12-9-10-7-5-6-8-10/h9H,3-8H2,1-2H3,(H,12,14). The highest BCUT2D eigenvalue weighted by Gasteiger charge is 2.09. The van der Waals surface area contributed by atoms with Gasteiger partial charge in [0.25, 0.3) is 0 Å². The third kappa shape index (κ3) is 3.05. The summed E-state index contributed by atoms with van der Waals surface area (Å²) in [6.45, 7) is 5.52. The summed E-state index contributed by atoms with van der Waals surface area (Å²) >= 11 is 0. The van der Waals surface area contributed by atoms with Crippen molar-refractivity contribution in [3.05, 3.63) is 11.8 Å². The number of amides is 2. The van der Waals surface area contributed by atoms with E-state index in [1.54, 1.807) is 4.90 Å². The normalized spacial score (nSPS) is 15.4. The number of carbonyl (C=O) groups is 1. The average Bonchev–Trinajstić information content (AvgIpc) is 2.69. The lowest BCUT2D eigenvalue weighted by Crippen LogP contribution is -2.37. The minimum Gasteiger partial charge on any atom is -0.325 e. The molecule has 0 aromatic carbocycles. The zero-order valence-electron chi connectivity index (χ0n) is 9.18. The van der Waals surface area contributed by atoms with Crippen molar-refractivity contribution in [3.8, 4) is 0 Å². The quantitative estimate of drug-likeness (QED) is 0.739. The van der Waals surface area contributed by atoms with Crippen LogP contribution in [-0.4, -0.2) is 24.0 Å². The molecule has 0 aliphatic heterocycles. The highest BCUT2D eigenvalue weighted by molar-refractivity contribution is 5.75. The molecule has 0 atom stereocenters. The van der Waals surface area contributed by atoms with Gasteiger partial charge in [0.15, 0.2) is 0 Å². The van der Waals surface area contributed by atoms with Gasteiger partial charge in [0.1, 0.15) is 0 Å². The van der Waals surface area contributed by atoms with E-state index in [0.717, 1.165) is 25.9 Å². The maximum atomic E-state index is 11.5. The smallest absolute Gasteiger partial charge is 0.321 e. The number of urea groups is 1. The minimum absolute atomic E-state index is 0.0226. The van der Waals surface area contributed by atoms with Gasteiger partial charge in [-0.15, -0.1) is 0 Å². The molecule has 0 heterocycles. The van der Waals surface area contributed by atoms with Crippen molar-refractivity contribution >= 4 is 6.03 Å². The van der Waals surface area contributed by atoms with Gasteiger partial charge in [-0.3, -0.25) is 0 Å². The molecule has 1 fully saturated rings. The molecule has 2 amide bonds. The molecule has 80 valence electrons. The van der Waals surface area contributed by atoms with Gasteiger partial charge in [-0.1, -0.05) is 5.57 Å². The molecule has 0 unspecified atom stereocenters. The van der Waals surface area contributed by atoms with Gasteiger partial charge in [-0.2, -0.15) is 0 Å². The van der Waals surface area contributed by atoms with Crippen molar-refractivity contribution in [1.29, 1.82) is 0 Å². The van der Waals surface area contributed by atoms with Crippen molar-refractivity contribution in [1.82, 2.24) is 10.2 Å². The molecule has 0 spiro atoms. The molecule has 14 heavy (non-hydrogen) atoms. The molecular formula is C11H20N2O. The van der Waals surface area contributed by atoms with Gasteiger partial charge in [-0.25, -0.2) is 4.79 Å². The predicted octanol–water partition coefficient (Wildman–Crippen LogP) is 2.50. The van der Waals surface area contributed by atoms with Crippen LogP contribution in [-0.2, 0) is 0 Å². The van der Waals surface area contributed by atoms with E-state index in [2.05, 4.69) is 5.32 Å². The van der Waals surface area contributed by atoms with Gasteiger partial charge in [0.05, 0.1) is 0 Å². The number of nitrogens with zero attached hydrogens (tertiary/aromatic N) is 1. The molecule has 0 aromatic rings. The Labute approximate surface area is 86.2 Å². The van der Waals surface area contributed by atoms with Crippen molar-refractivity contribution in [3.63, 3.8) is 0 Å². The molecule has 1 rings (SSSR count). The molecule has 3 nitrogen and oxygen atoms in total. The van der Waals surface area contributed by atoms with Gasteiger partial charge >= 0.3 is 6.03 Å². The van der Waals surface area contributed by atoms with E-state index in [0.29, 0.717) is 0 Å². The maximum Gasteiger partial charge on any atom is 0.321 e. The van der Waals surface area contributed by atoms with E-state index in [9.17, 15) is 4.79 Å². The first kappa shape index (κ1) is 11.1. The van der Waals surface area contributed by atoms with Gasteiger partial charge in [0, 0.05) is 19.3 Å². The van der Waals surface area contributed by atoms with Gasteiger partial charge in [-0.05, 0) is 39.5 Å². The molecule has 3 heteroatoms. The zero-order chi connectivity index (χ0) is 10.4. The number of rotatable bonds is 3. The molecule has 1 N–H and O–H groups in total. The third-order valence-corrected chi connectivity index (χ3v) is 2.70. The van der Waals surface area contributed by atoms with E-state index in [1.807, 2.05) is 20.0 Å². The Morgan fingerprint density at radius 3 is 2.43 bits per heavy atom. The Bertz CT molecular complexity index is 211. The van der Waals surface area contributed by atoms with E-state index in [1.165, 1.54) is 18.4 Å². The Hall–Kier alpha value is -0.990. The van der Waals surface area contributed by atoms with E-state index in [-0.39, 0.29) is 6.03 Å². The molecule has 0 aromatic heterocycles. The monoisotopic (exact) mass is 196 g/mol. The summed E-state index contributed by atoms with van der Waals surface area (Å²) < 4.78 is 0. The van der Waals surface area contributed by atoms with Crippen LogP contribution in [0.2, 0.25) is 0 Å². The van der Waals surface area contributed by atoms with Crippen LogP contribution in [0, 0.1) is 0 Å². The Morgan fingerprint density at radius 2 is 1.93 bits per heavy atom. The summed E-state index contributed by atoms with van der Waals surface area (Å²) in [4.78, 5) is 13.3. The van der Waals surface area contributed by atoms with Crippen LogP contribution in [0.15, 0.2) is 11.8 Å². The Kier molecular flexibility index (Phi) is 4.50. The number of hydrogen-bond acceptors (Lipinski definition) is 1. The lowest BCUT2D eigenvalue weighted by atomic mass is 10.2. The predicted molar refractivity (Wildman–Crippen MR) is 58.0 cm³/mol. The molecular weight excluding hydrogens is 176 g/mol. The summed E-state index contributed by atoms with van der Waals surface area (Å²) in [5.74, 6) is 0. The highest BCUT2D eigenvalue weighted by Crippen LogP contribution is 2.22. The summed E-state index contributed by atoms with van der Waals surface area (Å²) in [7, 11) is 0. The van der Waals surface area contributed by atoms with Crippen LogP contribution in [0.3, 0.4) is 0 Å². The van der Waals surface area contributed by atoms with E-state index in [4.69, 9.17) is 0 Å². The first-order valence-corrected chi connectivity index (χ1v) is 5.51. The van der Waals surface area contributed by atoms with Crippen molar-refractivity contribution in [2.24, 2.45) is 0 Å². The van der Waals surface area contributed by atoms with Crippen LogP contribution in [0.5, 0.6) is 0 Å². The van der Waals surface area contributed by atoms with Crippen LogP contribution < -0.4 is 5.32 Å². The van der Waals surface area contributed by atoms with E-state index < -0.39 is 0 Å². The van der Waals surface area contributed by atoms with Gasteiger partial charge < -0.3 is 10.2 Å². The first-order chi connectivity index (χ1) is 6.77. The van der Waals surface area contributed by atoms with Crippen LogP contribution in [0.4, 0.5) is 4.79 Å². The highest BCUT2D eigenvalue weighted by atomic mass is 16.2. The van der Waals surface area contributed by atoms with Crippen molar-refractivity contribution in [2.75, 3.05) is 13.1 Å². The fourth-order valence-corrected chi connectivity index (χ4v) is 1.74. The van der Waals surface area contributed by atoms with Crippen LogP contribution in [0.25, 0.3) is 0 Å². The second kappa shape index (κ2) is 5.68. The molecule has 0 radical (unpaired) electrons. The SMILES string of the molecule is CCN(CC)C(=O)NC=C1CCCC1. The Morgan fingerprint density at radius 1 is 1.36 bits per heavy atom. The second-order valence-corrected chi connectivity index (χ2v) is 3.63. The molecule has 1 aliphatic carbocycles. The van der Waals surface area contributed by atoms with Gasteiger partial charge in [0.2, 0.25) is 0 Å². The molecule has 0 saturated heterocycles. The fourth-order valence-electron chi connectivity index (χ4n) is 1.74. The number of hydrogen-bond donors (Lipinski definition) is 1. The number of nitrogens with one attached hydrogen (secondary N) is 1. The number of allylic oxidation sites excluding steroid dienone is 1. The average molecular weight is 196 g/mol. The largest absolute Gasteiger partial charge is 0.325 e. The second-order valence-electron chi connectivity index (χ2n) is 3.63. The number of carbonyl (C=O) groups excluding carboxylic acids is 1. The topological polar surface area (TPSA) is 32.3 Å². The van der Waals surface area contributed by atoms with Crippen molar-refractivity contribution in [2.45, 2.75) is 39.5 Å². The van der Waals surface area contributed by atoms with Crippen LogP contribution in [0.1, 0.15) is 39.5 Å². The van der Waals surface area contributed by atoms with Crippen molar-refractivity contribution < 1.29 is 4.79 Å². The van der Waals surface area contributed by atoms with E-state index >= 15 is 0 Å². The Balaban J connectivity index is 2.35. The summed E-state index contributed by atoms with van der Waals surface area (Å²) in [5.41, 5.74) is 1.38. The molecule has 0 bridgehead atoms. The lowest BCUT2D eigenvalue weighted by molar-refractivity contribution is 0.207. The molecule has 1 aliphatic rings. The summed E-state index contributed by atoms with van der Waals surface area (Å²) in [5, 5.41) is 2.85. The maximum absolute atomic E-state index is 11.5. The first-order valence-electron chi connectivity index (χ1n) is 5.51. The molecule has 1 saturated carbocycles. The minimum atomic E-state index is 0.0226. The third-order valence-electron chi connectivity index (χ3n) is 2.70. The summed E-state index contributed by atoms with van der Waals surface area (Å²) in [6, 6.07) is 0.0226. The fraction of sp³-hybridized carbons (Fsp3) is 0.727. The van der Waals surface area contributed by atoms with Crippen LogP contribution >= 0.6 is 0 Å².